The summed E-state index contributed by atoms with van der Waals surface area (Å²) in [5, 5.41) is 3.43. The van der Waals surface area contributed by atoms with Crippen LogP contribution in [0.4, 0.5) is 0 Å². The van der Waals surface area contributed by atoms with E-state index >= 15 is 0 Å². The summed E-state index contributed by atoms with van der Waals surface area (Å²) < 4.78 is 1.33. The van der Waals surface area contributed by atoms with Gasteiger partial charge in [0.25, 0.3) is 0 Å². The van der Waals surface area contributed by atoms with E-state index in [9.17, 15) is 0 Å². The van der Waals surface area contributed by atoms with Gasteiger partial charge < -0.3 is 5.32 Å². The molecule has 0 aromatic heterocycles. The lowest BCUT2D eigenvalue weighted by molar-refractivity contribution is 0.248. The van der Waals surface area contributed by atoms with Crippen LogP contribution in [0.2, 0.25) is 0 Å². The summed E-state index contributed by atoms with van der Waals surface area (Å²) in [6, 6.07) is 0. The van der Waals surface area contributed by atoms with E-state index in [2.05, 4.69) is 34.8 Å². The normalized spacial score (nSPS) is 22.5. The molecule has 1 heterocycles. The number of halogens is 1. The Morgan fingerprint density at radius 3 is 2.58 bits per heavy atom. The van der Waals surface area contributed by atoms with Crippen molar-refractivity contribution >= 4 is 22.6 Å². The van der Waals surface area contributed by atoms with E-state index in [4.69, 9.17) is 0 Å². The lowest BCUT2D eigenvalue weighted by atomic mass is 9.82. The summed E-state index contributed by atoms with van der Waals surface area (Å²) >= 11 is 2.51. The lowest BCUT2D eigenvalue weighted by Gasteiger charge is -2.29. The molecule has 1 N–H and O–H groups in total. The van der Waals surface area contributed by atoms with Crippen molar-refractivity contribution in [1.29, 1.82) is 0 Å². The highest BCUT2D eigenvalue weighted by atomic mass is 127. The first-order valence-corrected chi connectivity index (χ1v) is 6.67. The number of rotatable bonds is 4. The highest BCUT2D eigenvalue weighted by Crippen LogP contribution is 2.27. The molecule has 0 spiro atoms. The van der Waals surface area contributed by atoms with Gasteiger partial charge in [-0.15, -0.1) is 0 Å². The van der Waals surface area contributed by atoms with Gasteiger partial charge >= 0.3 is 0 Å². The zero-order valence-corrected chi connectivity index (χ0v) is 10.1. The molecule has 0 amide bonds. The van der Waals surface area contributed by atoms with Crippen molar-refractivity contribution in [2.45, 2.75) is 32.6 Å². The minimum atomic E-state index is 1.00. The van der Waals surface area contributed by atoms with E-state index < -0.39 is 0 Å². The minimum absolute atomic E-state index is 1.00. The van der Waals surface area contributed by atoms with Gasteiger partial charge in [0, 0.05) is 0 Å². The smallest absolute Gasteiger partial charge is 0.000199 e. The maximum absolute atomic E-state index is 3.43. The van der Waals surface area contributed by atoms with Crippen LogP contribution in [0, 0.1) is 11.8 Å². The maximum atomic E-state index is 3.43. The average molecular weight is 281 g/mol. The highest BCUT2D eigenvalue weighted by Gasteiger charge is 2.20. The molecule has 0 saturated carbocycles. The molecule has 0 aromatic carbocycles. The second-order valence-corrected chi connectivity index (χ2v) is 4.81. The number of hydrogen-bond acceptors (Lipinski definition) is 1. The summed E-state index contributed by atoms with van der Waals surface area (Å²) in [7, 11) is 0. The van der Waals surface area contributed by atoms with Gasteiger partial charge in [-0.05, 0) is 48.6 Å². The van der Waals surface area contributed by atoms with E-state index in [0.717, 1.165) is 11.8 Å². The fourth-order valence-corrected chi connectivity index (χ4v) is 3.03. The lowest BCUT2D eigenvalue weighted by Crippen LogP contribution is -2.31. The van der Waals surface area contributed by atoms with Crippen molar-refractivity contribution in [1.82, 2.24) is 5.32 Å². The Hall–Kier alpha value is 0.690. The molecule has 2 heteroatoms. The summed E-state index contributed by atoms with van der Waals surface area (Å²) in [5.41, 5.74) is 0. The number of nitrogens with one attached hydrogen (secondary N) is 1. The predicted octanol–water partition coefficient (Wildman–Crippen LogP) is 2.84. The van der Waals surface area contributed by atoms with Crippen LogP contribution in [0.25, 0.3) is 0 Å². The van der Waals surface area contributed by atoms with Crippen LogP contribution in [0.3, 0.4) is 0 Å². The molecular formula is C10H20IN. The fourth-order valence-electron chi connectivity index (χ4n) is 2.23. The van der Waals surface area contributed by atoms with Crippen molar-refractivity contribution < 1.29 is 0 Å². The van der Waals surface area contributed by atoms with Crippen LogP contribution in [-0.4, -0.2) is 17.5 Å². The zero-order chi connectivity index (χ0) is 8.81. The number of alkyl halides is 1. The molecule has 1 atom stereocenters. The molecule has 0 aromatic rings. The largest absolute Gasteiger partial charge is 0.317 e. The maximum Gasteiger partial charge on any atom is -0.000199 e. The second-order valence-electron chi connectivity index (χ2n) is 3.73. The minimum Gasteiger partial charge on any atom is -0.317 e. The molecule has 1 rings (SSSR count). The highest BCUT2D eigenvalue weighted by molar-refractivity contribution is 14.1. The fraction of sp³-hybridized carbons (Fsp3) is 1.00. The molecule has 1 fully saturated rings. The van der Waals surface area contributed by atoms with Gasteiger partial charge in [-0.25, -0.2) is 0 Å². The molecule has 72 valence electrons. The first-order chi connectivity index (χ1) is 5.88. The molecule has 0 radical (unpaired) electrons. The molecule has 0 bridgehead atoms. The van der Waals surface area contributed by atoms with Crippen molar-refractivity contribution in [3.05, 3.63) is 0 Å². The summed E-state index contributed by atoms with van der Waals surface area (Å²) in [6.07, 6.45) is 5.64. The Morgan fingerprint density at radius 2 is 2.08 bits per heavy atom. The van der Waals surface area contributed by atoms with Crippen LogP contribution in [-0.2, 0) is 0 Å². The van der Waals surface area contributed by atoms with Gasteiger partial charge in [0.05, 0.1) is 0 Å². The third kappa shape index (κ3) is 3.21. The van der Waals surface area contributed by atoms with Crippen LogP contribution >= 0.6 is 22.6 Å². The van der Waals surface area contributed by atoms with Gasteiger partial charge in [0.15, 0.2) is 0 Å². The second kappa shape index (κ2) is 6.19. The van der Waals surface area contributed by atoms with Gasteiger partial charge in [-0.3, -0.25) is 0 Å². The van der Waals surface area contributed by atoms with Crippen molar-refractivity contribution in [2.75, 3.05) is 17.5 Å². The zero-order valence-electron chi connectivity index (χ0n) is 7.98. The number of hydrogen-bond donors (Lipinski definition) is 1. The van der Waals surface area contributed by atoms with Crippen LogP contribution in [0.5, 0.6) is 0 Å². The average Bonchev–Trinajstić information content (AvgIpc) is 2.15. The molecule has 12 heavy (non-hydrogen) atoms. The number of piperidine rings is 1. The topological polar surface area (TPSA) is 12.0 Å². The van der Waals surface area contributed by atoms with Gasteiger partial charge in [0.2, 0.25) is 0 Å². The molecular weight excluding hydrogens is 261 g/mol. The van der Waals surface area contributed by atoms with E-state index in [0.29, 0.717) is 0 Å². The van der Waals surface area contributed by atoms with E-state index in [-0.39, 0.29) is 0 Å². The molecule has 1 unspecified atom stereocenters. The molecule has 1 saturated heterocycles. The van der Waals surface area contributed by atoms with E-state index in [1.807, 2.05) is 0 Å². The summed E-state index contributed by atoms with van der Waals surface area (Å²) in [5.74, 6) is 2.02. The Morgan fingerprint density at radius 1 is 1.42 bits per heavy atom. The molecule has 1 aliphatic rings. The third-order valence-corrected chi connectivity index (χ3v) is 3.68. The quantitative estimate of drug-likeness (QED) is 0.617. The van der Waals surface area contributed by atoms with Gasteiger partial charge in [0.1, 0.15) is 0 Å². The third-order valence-electron chi connectivity index (χ3n) is 3.05. The Kier molecular flexibility index (Phi) is 5.56. The van der Waals surface area contributed by atoms with Gasteiger partial charge in [-0.1, -0.05) is 35.9 Å². The van der Waals surface area contributed by atoms with Crippen molar-refractivity contribution in [2.24, 2.45) is 11.8 Å². The van der Waals surface area contributed by atoms with E-state index in [1.165, 1.54) is 43.2 Å². The van der Waals surface area contributed by atoms with Crippen molar-refractivity contribution in [3.8, 4) is 0 Å². The molecule has 1 nitrogen and oxygen atoms in total. The monoisotopic (exact) mass is 281 g/mol. The standard InChI is InChI=1S/C10H20IN/c1-2-9(3-6-11)10-4-7-12-8-5-10/h9-10,12H,2-8H2,1H3. The molecule has 0 aliphatic carbocycles. The summed E-state index contributed by atoms with van der Waals surface area (Å²) in [6.45, 7) is 4.85. The molecule has 1 aliphatic heterocycles. The van der Waals surface area contributed by atoms with Crippen LogP contribution in [0.1, 0.15) is 32.6 Å². The first kappa shape index (κ1) is 10.8. The first-order valence-electron chi connectivity index (χ1n) is 5.15. The van der Waals surface area contributed by atoms with Crippen molar-refractivity contribution in [3.63, 3.8) is 0 Å². The van der Waals surface area contributed by atoms with Crippen LogP contribution < -0.4 is 5.32 Å². The SMILES string of the molecule is CCC(CCI)C1CCNCC1. The van der Waals surface area contributed by atoms with Crippen LogP contribution in [0.15, 0.2) is 0 Å². The predicted molar refractivity (Wildman–Crippen MR) is 62.9 cm³/mol. The van der Waals surface area contributed by atoms with Gasteiger partial charge in [-0.2, -0.15) is 0 Å². The summed E-state index contributed by atoms with van der Waals surface area (Å²) in [4.78, 5) is 0. The Labute approximate surface area is 89.8 Å². The Bertz CT molecular complexity index is 108. The van der Waals surface area contributed by atoms with E-state index in [1.54, 1.807) is 0 Å². The Balaban J connectivity index is 2.29.